The highest BCUT2D eigenvalue weighted by molar-refractivity contribution is 5.87. The minimum Gasteiger partial charge on any atom is -0.434 e. The first kappa shape index (κ1) is 14.7. The lowest BCUT2D eigenvalue weighted by Crippen LogP contribution is -2.20. The molecule has 0 amide bonds. The summed E-state index contributed by atoms with van der Waals surface area (Å²) in [5.41, 5.74) is 0.782. The average Bonchev–Trinajstić information content (AvgIpc) is 2.40. The Bertz CT molecular complexity index is 569. The SMILES string of the molecule is CC(C)CNCc1c(OC(F)F)ccc2ccccc12. The minimum absolute atomic E-state index is 0.245. The second-order valence-electron chi connectivity index (χ2n) is 5.17. The monoisotopic (exact) mass is 279 g/mol. The number of nitrogens with one attached hydrogen (secondary N) is 1. The smallest absolute Gasteiger partial charge is 0.387 e. The summed E-state index contributed by atoms with van der Waals surface area (Å²) >= 11 is 0. The standard InChI is InChI=1S/C16H19F2NO/c1-11(2)9-19-10-14-13-6-4-3-5-12(13)7-8-15(14)20-16(17)18/h3-8,11,16,19H,9-10H2,1-2H3. The van der Waals surface area contributed by atoms with Crippen LogP contribution in [0.15, 0.2) is 36.4 Å². The Balaban J connectivity index is 2.34. The van der Waals surface area contributed by atoms with Crippen LogP contribution in [0.5, 0.6) is 5.75 Å². The van der Waals surface area contributed by atoms with Crippen LogP contribution in [-0.2, 0) is 6.54 Å². The van der Waals surface area contributed by atoms with Crippen molar-refractivity contribution >= 4 is 10.8 Å². The summed E-state index contributed by atoms with van der Waals surface area (Å²) in [5, 5.41) is 5.25. The summed E-state index contributed by atoms with van der Waals surface area (Å²) in [6.07, 6.45) is 0. The predicted molar refractivity (Wildman–Crippen MR) is 77.1 cm³/mol. The van der Waals surface area contributed by atoms with Gasteiger partial charge in [-0.25, -0.2) is 0 Å². The second-order valence-corrected chi connectivity index (χ2v) is 5.17. The van der Waals surface area contributed by atoms with Gasteiger partial charge >= 0.3 is 6.61 Å². The molecule has 0 radical (unpaired) electrons. The van der Waals surface area contributed by atoms with Gasteiger partial charge in [0.2, 0.25) is 0 Å². The van der Waals surface area contributed by atoms with Gasteiger partial charge < -0.3 is 10.1 Å². The van der Waals surface area contributed by atoms with E-state index in [1.54, 1.807) is 12.1 Å². The summed E-state index contributed by atoms with van der Waals surface area (Å²) in [6, 6.07) is 11.1. The Hall–Kier alpha value is -1.68. The van der Waals surface area contributed by atoms with Gasteiger partial charge in [0.25, 0.3) is 0 Å². The van der Waals surface area contributed by atoms with Gasteiger partial charge in [0, 0.05) is 12.1 Å². The van der Waals surface area contributed by atoms with E-state index in [4.69, 9.17) is 0 Å². The predicted octanol–water partition coefficient (Wildman–Crippen LogP) is 4.19. The highest BCUT2D eigenvalue weighted by Gasteiger charge is 2.12. The fourth-order valence-electron chi connectivity index (χ4n) is 2.19. The summed E-state index contributed by atoms with van der Waals surface area (Å²) < 4.78 is 29.7. The molecule has 0 saturated heterocycles. The van der Waals surface area contributed by atoms with E-state index in [9.17, 15) is 8.78 Å². The molecule has 20 heavy (non-hydrogen) atoms. The van der Waals surface area contributed by atoms with Gasteiger partial charge in [-0.05, 0) is 29.3 Å². The van der Waals surface area contributed by atoms with Crippen molar-refractivity contribution in [2.45, 2.75) is 27.0 Å². The van der Waals surface area contributed by atoms with Gasteiger partial charge in [0.1, 0.15) is 5.75 Å². The quantitative estimate of drug-likeness (QED) is 0.856. The van der Waals surface area contributed by atoms with Crippen LogP contribution in [0.25, 0.3) is 10.8 Å². The average molecular weight is 279 g/mol. The van der Waals surface area contributed by atoms with Crippen molar-refractivity contribution in [2.24, 2.45) is 5.92 Å². The molecule has 1 N–H and O–H groups in total. The maximum absolute atomic E-state index is 12.5. The molecule has 0 unspecified atom stereocenters. The number of halogens is 2. The van der Waals surface area contributed by atoms with Crippen molar-refractivity contribution in [3.8, 4) is 5.75 Å². The lowest BCUT2D eigenvalue weighted by atomic mass is 10.0. The Morgan fingerprint density at radius 2 is 1.85 bits per heavy atom. The Morgan fingerprint density at radius 3 is 2.55 bits per heavy atom. The number of ether oxygens (including phenoxy) is 1. The topological polar surface area (TPSA) is 21.3 Å². The van der Waals surface area contributed by atoms with E-state index < -0.39 is 6.61 Å². The number of hydrogen-bond acceptors (Lipinski definition) is 2. The van der Waals surface area contributed by atoms with E-state index in [0.717, 1.165) is 22.9 Å². The van der Waals surface area contributed by atoms with Gasteiger partial charge in [-0.15, -0.1) is 0 Å². The van der Waals surface area contributed by atoms with E-state index in [-0.39, 0.29) is 5.75 Å². The normalized spacial score (nSPS) is 11.5. The van der Waals surface area contributed by atoms with Crippen molar-refractivity contribution in [2.75, 3.05) is 6.54 Å². The molecule has 2 aromatic rings. The molecule has 0 bridgehead atoms. The van der Waals surface area contributed by atoms with Crippen LogP contribution >= 0.6 is 0 Å². The van der Waals surface area contributed by atoms with Gasteiger partial charge in [-0.2, -0.15) is 8.78 Å². The van der Waals surface area contributed by atoms with E-state index in [2.05, 4.69) is 23.9 Å². The third-order valence-corrected chi connectivity index (χ3v) is 3.07. The van der Waals surface area contributed by atoms with Crippen molar-refractivity contribution < 1.29 is 13.5 Å². The molecule has 108 valence electrons. The summed E-state index contributed by atoms with van der Waals surface area (Å²) in [5.74, 6) is 0.749. The van der Waals surface area contributed by atoms with E-state index in [1.165, 1.54) is 0 Å². The van der Waals surface area contributed by atoms with Gasteiger partial charge in [0.15, 0.2) is 0 Å². The van der Waals surface area contributed by atoms with E-state index in [1.807, 2.05) is 24.3 Å². The van der Waals surface area contributed by atoms with E-state index in [0.29, 0.717) is 12.5 Å². The fourth-order valence-corrected chi connectivity index (χ4v) is 2.19. The molecule has 2 nitrogen and oxygen atoms in total. The molecule has 0 aromatic heterocycles. The Kier molecular flexibility index (Phi) is 4.90. The number of hydrogen-bond donors (Lipinski definition) is 1. The molecule has 4 heteroatoms. The summed E-state index contributed by atoms with van der Waals surface area (Å²) in [6.45, 7) is 2.75. The molecular weight excluding hydrogens is 260 g/mol. The molecule has 2 rings (SSSR count). The molecule has 0 fully saturated rings. The van der Waals surface area contributed by atoms with Crippen molar-refractivity contribution in [3.63, 3.8) is 0 Å². The van der Waals surface area contributed by atoms with Crippen LogP contribution in [0.4, 0.5) is 8.78 Å². The zero-order valence-corrected chi connectivity index (χ0v) is 11.7. The Morgan fingerprint density at radius 1 is 1.10 bits per heavy atom. The molecule has 0 atom stereocenters. The number of benzene rings is 2. The van der Waals surface area contributed by atoms with Crippen LogP contribution in [0.1, 0.15) is 19.4 Å². The molecule has 0 heterocycles. The van der Waals surface area contributed by atoms with Crippen LogP contribution < -0.4 is 10.1 Å². The fraction of sp³-hybridized carbons (Fsp3) is 0.375. The largest absolute Gasteiger partial charge is 0.434 e. The van der Waals surface area contributed by atoms with Crippen LogP contribution in [-0.4, -0.2) is 13.2 Å². The highest BCUT2D eigenvalue weighted by atomic mass is 19.3. The molecule has 0 saturated carbocycles. The summed E-state index contributed by atoms with van der Waals surface area (Å²) in [7, 11) is 0. The second kappa shape index (κ2) is 6.66. The lowest BCUT2D eigenvalue weighted by Gasteiger charge is -2.15. The third kappa shape index (κ3) is 3.67. The first-order valence-electron chi connectivity index (χ1n) is 6.74. The zero-order chi connectivity index (χ0) is 14.5. The first-order valence-corrected chi connectivity index (χ1v) is 6.74. The number of alkyl halides is 2. The van der Waals surface area contributed by atoms with Gasteiger partial charge in [0.05, 0.1) is 0 Å². The minimum atomic E-state index is -2.81. The zero-order valence-electron chi connectivity index (χ0n) is 11.7. The van der Waals surface area contributed by atoms with Gasteiger partial charge in [-0.1, -0.05) is 44.2 Å². The molecule has 0 aliphatic carbocycles. The molecular formula is C16H19F2NO. The van der Waals surface area contributed by atoms with Crippen LogP contribution in [0.3, 0.4) is 0 Å². The molecule has 0 aliphatic heterocycles. The third-order valence-electron chi connectivity index (χ3n) is 3.07. The summed E-state index contributed by atoms with van der Waals surface area (Å²) in [4.78, 5) is 0. The maximum Gasteiger partial charge on any atom is 0.387 e. The maximum atomic E-state index is 12.5. The Labute approximate surface area is 117 Å². The van der Waals surface area contributed by atoms with E-state index >= 15 is 0 Å². The number of fused-ring (bicyclic) bond motifs is 1. The van der Waals surface area contributed by atoms with Crippen LogP contribution in [0, 0.1) is 5.92 Å². The number of rotatable bonds is 6. The van der Waals surface area contributed by atoms with Crippen molar-refractivity contribution in [3.05, 3.63) is 42.0 Å². The first-order chi connectivity index (χ1) is 9.58. The molecule has 2 aromatic carbocycles. The molecule has 0 spiro atoms. The van der Waals surface area contributed by atoms with Crippen molar-refractivity contribution in [1.29, 1.82) is 0 Å². The molecule has 0 aliphatic rings. The van der Waals surface area contributed by atoms with Crippen molar-refractivity contribution in [1.82, 2.24) is 5.32 Å². The highest BCUT2D eigenvalue weighted by Crippen LogP contribution is 2.29. The lowest BCUT2D eigenvalue weighted by molar-refractivity contribution is -0.0503. The van der Waals surface area contributed by atoms with Gasteiger partial charge in [-0.3, -0.25) is 0 Å². The van der Waals surface area contributed by atoms with Crippen LogP contribution in [0.2, 0.25) is 0 Å².